The van der Waals surface area contributed by atoms with Gasteiger partial charge in [0, 0.05) is 0 Å². The van der Waals surface area contributed by atoms with Crippen molar-refractivity contribution in [3.8, 4) is 5.75 Å². The van der Waals surface area contributed by atoms with Crippen molar-refractivity contribution in [1.29, 1.82) is 0 Å². The number of aryl methyl sites for hydroxylation is 2. The lowest BCUT2D eigenvalue weighted by Gasteiger charge is -2.18. The molecular formula is C34H50O3. The smallest absolute Gasteiger partial charge is 0.119 e. The third kappa shape index (κ3) is 11.6. The number of rotatable bonds is 21. The first-order valence-electron chi connectivity index (χ1n) is 15.3. The van der Waals surface area contributed by atoms with Crippen LogP contribution in [0.5, 0.6) is 5.75 Å². The van der Waals surface area contributed by atoms with Crippen molar-refractivity contribution in [2.75, 3.05) is 19.8 Å². The Morgan fingerprint density at radius 3 is 2.03 bits per heavy atom. The lowest BCUT2D eigenvalue weighted by atomic mass is 9.88. The van der Waals surface area contributed by atoms with Gasteiger partial charge in [-0.2, -0.15) is 0 Å². The van der Waals surface area contributed by atoms with Crippen molar-refractivity contribution < 1.29 is 14.2 Å². The van der Waals surface area contributed by atoms with Crippen LogP contribution in [-0.2, 0) is 22.3 Å². The van der Waals surface area contributed by atoms with E-state index in [1.165, 1.54) is 107 Å². The summed E-state index contributed by atoms with van der Waals surface area (Å²) < 4.78 is 16.5. The molecule has 2 aromatic rings. The molecule has 3 unspecified atom stereocenters. The summed E-state index contributed by atoms with van der Waals surface area (Å²) >= 11 is 0. The summed E-state index contributed by atoms with van der Waals surface area (Å²) in [7, 11) is 0. The first kappa shape index (κ1) is 28.2. The molecule has 2 aliphatic rings. The van der Waals surface area contributed by atoms with Crippen LogP contribution in [0.2, 0.25) is 0 Å². The van der Waals surface area contributed by atoms with E-state index in [0.717, 1.165) is 25.4 Å². The van der Waals surface area contributed by atoms with Gasteiger partial charge in [-0.1, -0.05) is 101 Å². The first-order chi connectivity index (χ1) is 18.3. The van der Waals surface area contributed by atoms with Gasteiger partial charge >= 0.3 is 0 Å². The average molecular weight is 507 g/mol. The SMILES string of the molecule is CCCCCCCC(CCCCCCCc1cccc(CCC2CO2)c1)c1ccc(OCC2CO2)cc1. The maximum absolute atomic E-state index is 5.86. The second-order valence-electron chi connectivity index (χ2n) is 11.4. The molecule has 3 heteroatoms. The van der Waals surface area contributed by atoms with Gasteiger partial charge in [-0.15, -0.1) is 0 Å². The van der Waals surface area contributed by atoms with E-state index in [0.29, 0.717) is 24.7 Å². The number of ether oxygens (including phenoxy) is 3. The molecule has 4 rings (SSSR count). The zero-order valence-electron chi connectivity index (χ0n) is 23.3. The van der Waals surface area contributed by atoms with Crippen LogP contribution in [0.1, 0.15) is 113 Å². The number of epoxide rings is 2. The van der Waals surface area contributed by atoms with Crippen LogP contribution < -0.4 is 4.74 Å². The highest BCUT2D eigenvalue weighted by Crippen LogP contribution is 2.30. The molecule has 0 saturated carbocycles. The maximum atomic E-state index is 5.86. The van der Waals surface area contributed by atoms with Crippen LogP contribution in [0.25, 0.3) is 0 Å². The van der Waals surface area contributed by atoms with Crippen molar-refractivity contribution in [3.63, 3.8) is 0 Å². The van der Waals surface area contributed by atoms with E-state index in [1.54, 1.807) is 0 Å². The van der Waals surface area contributed by atoms with Gasteiger partial charge in [-0.25, -0.2) is 0 Å². The minimum atomic E-state index is 0.313. The summed E-state index contributed by atoms with van der Waals surface area (Å²) in [4.78, 5) is 0. The molecule has 204 valence electrons. The van der Waals surface area contributed by atoms with Crippen molar-refractivity contribution in [3.05, 3.63) is 65.2 Å². The van der Waals surface area contributed by atoms with E-state index in [2.05, 4.69) is 55.5 Å². The normalized spacial score (nSPS) is 19.1. The van der Waals surface area contributed by atoms with Crippen molar-refractivity contribution >= 4 is 0 Å². The molecule has 2 saturated heterocycles. The fourth-order valence-electron chi connectivity index (χ4n) is 5.41. The Hall–Kier alpha value is -1.84. The van der Waals surface area contributed by atoms with Crippen LogP contribution in [0.4, 0.5) is 0 Å². The minimum absolute atomic E-state index is 0.313. The van der Waals surface area contributed by atoms with Gasteiger partial charge in [0.15, 0.2) is 0 Å². The summed E-state index contributed by atoms with van der Waals surface area (Å²) in [5.74, 6) is 1.66. The molecule has 0 N–H and O–H groups in total. The Morgan fingerprint density at radius 1 is 0.730 bits per heavy atom. The molecule has 3 nitrogen and oxygen atoms in total. The van der Waals surface area contributed by atoms with Gasteiger partial charge in [0.1, 0.15) is 18.5 Å². The van der Waals surface area contributed by atoms with Gasteiger partial charge in [0.05, 0.1) is 19.3 Å². The highest BCUT2D eigenvalue weighted by atomic mass is 16.6. The number of hydrogen-bond acceptors (Lipinski definition) is 3. The molecule has 2 heterocycles. The lowest BCUT2D eigenvalue weighted by Crippen LogP contribution is -2.04. The van der Waals surface area contributed by atoms with Gasteiger partial charge in [0.25, 0.3) is 0 Å². The van der Waals surface area contributed by atoms with Crippen LogP contribution in [0, 0.1) is 0 Å². The van der Waals surface area contributed by atoms with E-state index in [4.69, 9.17) is 14.2 Å². The van der Waals surface area contributed by atoms with Crippen LogP contribution in [0.15, 0.2) is 48.5 Å². The molecule has 0 radical (unpaired) electrons. The Morgan fingerprint density at radius 2 is 1.35 bits per heavy atom. The molecule has 3 atom stereocenters. The predicted octanol–water partition coefficient (Wildman–Crippen LogP) is 8.82. The summed E-state index contributed by atoms with van der Waals surface area (Å²) in [6.07, 6.45) is 20.6. The molecule has 0 spiro atoms. The average Bonchev–Trinajstić information content (AvgIpc) is 3.85. The molecule has 0 aliphatic carbocycles. The van der Waals surface area contributed by atoms with E-state index >= 15 is 0 Å². The highest BCUT2D eigenvalue weighted by molar-refractivity contribution is 5.29. The van der Waals surface area contributed by atoms with Crippen molar-refractivity contribution in [2.24, 2.45) is 0 Å². The van der Waals surface area contributed by atoms with E-state index in [-0.39, 0.29) is 0 Å². The van der Waals surface area contributed by atoms with Crippen LogP contribution >= 0.6 is 0 Å². The molecule has 37 heavy (non-hydrogen) atoms. The van der Waals surface area contributed by atoms with Crippen LogP contribution in [0.3, 0.4) is 0 Å². The second-order valence-corrected chi connectivity index (χ2v) is 11.4. The lowest BCUT2D eigenvalue weighted by molar-refractivity contribution is 0.263. The molecule has 2 aliphatic heterocycles. The fraction of sp³-hybridized carbons (Fsp3) is 0.647. The maximum Gasteiger partial charge on any atom is 0.119 e. The quantitative estimate of drug-likeness (QED) is 0.125. The zero-order chi connectivity index (χ0) is 25.5. The topological polar surface area (TPSA) is 34.3 Å². The Bertz CT molecular complexity index is 869. The molecule has 0 bridgehead atoms. The standard InChI is InChI=1S/C34H50O3/c1-2-3-4-6-10-16-30(31-19-22-32(23-20-31)35-26-34-27-37-34)17-11-8-5-7-9-13-28-14-12-15-29(24-28)18-21-33-25-36-33/h12,14-15,19-20,22-24,30,33-34H,2-11,13,16-18,21,25-27H2,1H3. The van der Waals surface area contributed by atoms with Gasteiger partial charge in [0.2, 0.25) is 0 Å². The number of unbranched alkanes of at least 4 members (excludes halogenated alkanes) is 8. The van der Waals surface area contributed by atoms with E-state index in [1.807, 2.05) is 0 Å². The third-order valence-corrected chi connectivity index (χ3v) is 8.01. The monoisotopic (exact) mass is 506 g/mol. The first-order valence-corrected chi connectivity index (χ1v) is 15.3. The van der Waals surface area contributed by atoms with Gasteiger partial charge < -0.3 is 14.2 Å². The Balaban J connectivity index is 1.13. The largest absolute Gasteiger partial charge is 0.491 e. The molecule has 2 fully saturated rings. The van der Waals surface area contributed by atoms with E-state index in [9.17, 15) is 0 Å². The minimum Gasteiger partial charge on any atom is -0.491 e. The highest BCUT2D eigenvalue weighted by Gasteiger charge is 2.23. The van der Waals surface area contributed by atoms with Gasteiger partial charge in [-0.05, 0) is 73.3 Å². The van der Waals surface area contributed by atoms with Crippen molar-refractivity contribution in [1.82, 2.24) is 0 Å². The zero-order valence-corrected chi connectivity index (χ0v) is 23.3. The number of benzene rings is 2. The van der Waals surface area contributed by atoms with Gasteiger partial charge in [-0.3, -0.25) is 0 Å². The molecule has 2 aromatic carbocycles. The third-order valence-electron chi connectivity index (χ3n) is 8.01. The number of hydrogen-bond donors (Lipinski definition) is 0. The van der Waals surface area contributed by atoms with Crippen LogP contribution in [-0.4, -0.2) is 32.0 Å². The fourth-order valence-corrected chi connectivity index (χ4v) is 5.41. The second kappa shape index (κ2) is 16.2. The summed E-state index contributed by atoms with van der Waals surface area (Å²) in [6.45, 7) is 4.80. The molecule has 0 amide bonds. The molecular weight excluding hydrogens is 456 g/mol. The van der Waals surface area contributed by atoms with E-state index < -0.39 is 0 Å². The summed E-state index contributed by atoms with van der Waals surface area (Å²) in [6, 6.07) is 18.2. The summed E-state index contributed by atoms with van der Waals surface area (Å²) in [5.41, 5.74) is 4.48. The molecule has 0 aromatic heterocycles. The van der Waals surface area contributed by atoms with Crippen molar-refractivity contribution in [2.45, 2.75) is 121 Å². The summed E-state index contributed by atoms with van der Waals surface area (Å²) in [5, 5.41) is 0. The predicted molar refractivity (Wildman–Crippen MR) is 154 cm³/mol. The Kier molecular flexibility index (Phi) is 12.3. The Labute approximate surface area is 226 Å².